The van der Waals surface area contributed by atoms with Crippen LogP contribution in [-0.2, 0) is 24.4 Å². The predicted octanol–water partition coefficient (Wildman–Crippen LogP) is 4.78. The van der Waals surface area contributed by atoms with Gasteiger partial charge in [-0.2, -0.15) is 5.10 Å². The quantitative estimate of drug-likeness (QED) is 0.408. The van der Waals surface area contributed by atoms with Gasteiger partial charge in [0.15, 0.2) is 0 Å². The van der Waals surface area contributed by atoms with Crippen molar-refractivity contribution in [2.45, 2.75) is 33.5 Å². The van der Waals surface area contributed by atoms with E-state index in [9.17, 15) is 4.79 Å². The molecule has 0 spiro atoms. The van der Waals surface area contributed by atoms with Crippen molar-refractivity contribution in [2.75, 3.05) is 0 Å². The molecule has 3 aromatic heterocycles. The number of fused-ring (bicyclic) bond motifs is 2. The molecule has 0 aliphatic carbocycles. The first-order chi connectivity index (χ1) is 16.1. The maximum Gasteiger partial charge on any atom is 0.243 e. The summed E-state index contributed by atoms with van der Waals surface area (Å²) in [6, 6.07) is 20.6. The zero-order chi connectivity index (χ0) is 22.5. The Kier molecular flexibility index (Phi) is 4.47. The van der Waals surface area contributed by atoms with Gasteiger partial charge in [-0.15, -0.1) is 0 Å². The van der Waals surface area contributed by atoms with Crippen LogP contribution >= 0.6 is 0 Å². The summed E-state index contributed by atoms with van der Waals surface area (Å²) in [6.45, 7) is 5.65. The molecular formula is C27H25N5O. The van der Waals surface area contributed by atoms with E-state index in [0.717, 1.165) is 33.7 Å². The normalized spacial score (nSPS) is 13.1. The van der Waals surface area contributed by atoms with Gasteiger partial charge in [0, 0.05) is 29.7 Å². The smallest absolute Gasteiger partial charge is 0.243 e. The number of nitrogens with zero attached hydrogens (tertiary/aromatic N) is 5. The van der Waals surface area contributed by atoms with Gasteiger partial charge < -0.3 is 14.0 Å². The zero-order valence-corrected chi connectivity index (χ0v) is 18.8. The van der Waals surface area contributed by atoms with Crippen LogP contribution < -0.4 is 0 Å². The van der Waals surface area contributed by atoms with Crippen LogP contribution in [0.1, 0.15) is 22.4 Å². The second-order valence-corrected chi connectivity index (χ2v) is 8.77. The van der Waals surface area contributed by atoms with Gasteiger partial charge in [0.2, 0.25) is 5.91 Å². The number of amides is 1. The standard InChI is InChI=1S/C27H25N5O/c1-19-9-10-22(15-20(19)2)32-27(29-12-5-6-13-29)23-16-31(17-24(23)28-32)26(33)18-30-14-11-21-7-3-4-8-25(21)30/h3-15H,16-18H2,1-2H3. The topological polar surface area (TPSA) is 48.0 Å². The highest BCUT2D eigenvalue weighted by Crippen LogP contribution is 2.31. The average Bonchev–Trinajstić information content (AvgIpc) is 3.59. The lowest BCUT2D eigenvalue weighted by Gasteiger charge is -2.18. The molecule has 33 heavy (non-hydrogen) atoms. The summed E-state index contributed by atoms with van der Waals surface area (Å²) in [6.07, 6.45) is 6.06. The van der Waals surface area contributed by atoms with E-state index >= 15 is 0 Å². The molecular weight excluding hydrogens is 410 g/mol. The molecule has 164 valence electrons. The minimum absolute atomic E-state index is 0.102. The van der Waals surface area contributed by atoms with Crippen molar-refractivity contribution in [1.29, 1.82) is 0 Å². The van der Waals surface area contributed by atoms with Gasteiger partial charge in [0.25, 0.3) is 0 Å². The largest absolute Gasteiger partial charge is 0.338 e. The minimum atomic E-state index is 0.102. The van der Waals surface area contributed by atoms with E-state index < -0.39 is 0 Å². The predicted molar refractivity (Wildman–Crippen MR) is 129 cm³/mol. The molecule has 0 N–H and O–H groups in total. The maximum absolute atomic E-state index is 13.2. The van der Waals surface area contributed by atoms with Crippen LogP contribution in [0.4, 0.5) is 0 Å². The second-order valence-electron chi connectivity index (χ2n) is 8.77. The molecule has 1 aliphatic heterocycles. The van der Waals surface area contributed by atoms with Crippen LogP contribution in [-0.4, -0.2) is 29.7 Å². The highest BCUT2D eigenvalue weighted by Gasteiger charge is 2.31. The fraction of sp³-hybridized carbons (Fsp3) is 0.185. The Morgan fingerprint density at radius 2 is 1.73 bits per heavy atom. The summed E-state index contributed by atoms with van der Waals surface area (Å²) in [4.78, 5) is 15.1. The summed E-state index contributed by atoms with van der Waals surface area (Å²) < 4.78 is 6.13. The number of aromatic nitrogens is 4. The molecule has 6 rings (SSSR count). The van der Waals surface area contributed by atoms with Crippen molar-refractivity contribution >= 4 is 16.8 Å². The van der Waals surface area contributed by atoms with E-state index in [-0.39, 0.29) is 5.91 Å². The van der Waals surface area contributed by atoms with E-state index in [1.165, 1.54) is 11.1 Å². The summed E-state index contributed by atoms with van der Waals surface area (Å²) in [5.41, 5.74) is 6.68. The van der Waals surface area contributed by atoms with E-state index in [1.807, 2.05) is 57.0 Å². The van der Waals surface area contributed by atoms with Gasteiger partial charge in [0.1, 0.15) is 12.4 Å². The van der Waals surface area contributed by atoms with Crippen LogP contribution in [0, 0.1) is 13.8 Å². The molecule has 0 fully saturated rings. The first kappa shape index (κ1) is 19.6. The van der Waals surface area contributed by atoms with E-state index in [0.29, 0.717) is 19.6 Å². The highest BCUT2D eigenvalue weighted by molar-refractivity contribution is 5.83. The molecule has 1 aliphatic rings. The Labute approximate surface area is 192 Å². The molecule has 6 nitrogen and oxygen atoms in total. The van der Waals surface area contributed by atoms with Crippen LogP contribution in [0.3, 0.4) is 0 Å². The van der Waals surface area contributed by atoms with Crippen molar-refractivity contribution < 1.29 is 4.79 Å². The maximum atomic E-state index is 13.2. The fourth-order valence-corrected chi connectivity index (χ4v) is 4.68. The van der Waals surface area contributed by atoms with Gasteiger partial charge in [-0.1, -0.05) is 24.3 Å². The third kappa shape index (κ3) is 3.26. The van der Waals surface area contributed by atoms with Gasteiger partial charge in [-0.3, -0.25) is 4.79 Å². The summed E-state index contributed by atoms with van der Waals surface area (Å²) in [5, 5.41) is 6.11. The summed E-state index contributed by atoms with van der Waals surface area (Å²) in [7, 11) is 0. The monoisotopic (exact) mass is 435 g/mol. The number of hydrogen-bond acceptors (Lipinski definition) is 2. The molecule has 0 atom stereocenters. The van der Waals surface area contributed by atoms with Crippen molar-refractivity contribution in [1.82, 2.24) is 23.8 Å². The number of para-hydroxylation sites is 1. The van der Waals surface area contributed by atoms with Crippen LogP contribution in [0.15, 0.2) is 79.3 Å². The lowest BCUT2D eigenvalue weighted by molar-refractivity contribution is -0.132. The third-order valence-corrected chi connectivity index (χ3v) is 6.65. The third-order valence-electron chi connectivity index (χ3n) is 6.65. The van der Waals surface area contributed by atoms with Crippen LogP contribution in [0.25, 0.3) is 22.4 Å². The van der Waals surface area contributed by atoms with Crippen molar-refractivity contribution in [3.63, 3.8) is 0 Å². The summed E-state index contributed by atoms with van der Waals surface area (Å²) >= 11 is 0. The number of rotatable bonds is 4. The Hall–Kier alpha value is -4.06. The average molecular weight is 436 g/mol. The Morgan fingerprint density at radius 1 is 0.909 bits per heavy atom. The highest BCUT2D eigenvalue weighted by atomic mass is 16.2. The molecule has 5 aromatic rings. The Balaban J connectivity index is 1.33. The first-order valence-electron chi connectivity index (χ1n) is 11.2. The lowest BCUT2D eigenvalue weighted by Crippen LogP contribution is -2.29. The number of carbonyl (C=O) groups excluding carboxylic acids is 1. The molecule has 2 aromatic carbocycles. The molecule has 4 heterocycles. The van der Waals surface area contributed by atoms with Crippen LogP contribution in [0.5, 0.6) is 0 Å². The van der Waals surface area contributed by atoms with Crippen molar-refractivity contribution in [3.05, 3.63) is 102 Å². The molecule has 1 amide bonds. The van der Waals surface area contributed by atoms with E-state index in [2.05, 4.69) is 54.8 Å². The van der Waals surface area contributed by atoms with Crippen molar-refractivity contribution in [2.24, 2.45) is 0 Å². The molecule has 0 saturated heterocycles. The van der Waals surface area contributed by atoms with E-state index in [4.69, 9.17) is 5.10 Å². The van der Waals surface area contributed by atoms with Crippen molar-refractivity contribution in [3.8, 4) is 11.5 Å². The van der Waals surface area contributed by atoms with Crippen LogP contribution in [0.2, 0.25) is 0 Å². The molecule has 0 unspecified atom stereocenters. The minimum Gasteiger partial charge on any atom is -0.338 e. The number of benzene rings is 2. The number of carbonyl (C=O) groups is 1. The fourth-order valence-electron chi connectivity index (χ4n) is 4.68. The van der Waals surface area contributed by atoms with Gasteiger partial charge in [-0.05, 0) is 66.8 Å². The molecule has 0 saturated carbocycles. The molecule has 0 radical (unpaired) electrons. The molecule has 0 bridgehead atoms. The zero-order valence-electron chi connectivity index (χ0n) is 18.8. The van der Waals surface area contributed by atoms with E-state index in [1.54, 1.807) is 0 Å². The summed E-state index contributed by atoms with van der Waals surface area (Å²) in [5.74, 6) is 1.10. The second kappa shape index (κ2) is 7.52. The van der Waals surface area contributed by atoms with Gasteiger partial charge in [-0.25, -0.2) is 4.68 Å². The lowest BCUT2D eigenvalue weighted by atomic mass is 10.1. The Morgan fingerprint density at radius 3 is 2.55 bits per heavy atom. The number of hydrogen-bond donors (Lipinski definition) is 0. The van der Waals surface area contributed by atoms with Gasteiger partial charge >= 0.3 is 0 Å². The Bertz CT molecular complexity index is 1490. The first-order valence-corrected chi connectivity index (χ1v) is 11.2. The van der Waals surface area contributed by atoms with Gasteiger partial charge in [0.05, 0.1) is 24.5 Å². The number of aryl methyl sites for hydroxylation is 2. The molecule has 6 heteroatoms. The SMILES string of the molecule is Cc1ccc(-n2nc3c(c2-n2cccc2)CN(C(=O)Cn2ccc4ccccc42)C3)cc1C.